The number of sulfonamides is 1. The van der Waals surface area contributed by atoms with Crippen LogP contribution in [-0.4, -0.2) is 39.3 Å². The molecule has 0 fully saturated rings. The molecule has 140 valence electrons. The Morgan fingerprint density at radius 1 is 1.04 bits per heavy atom. The molecule has 1 N–H and O–H groups in total. The van der Waals surface area contributed by atoms with Crippen molar-refractivity contribution in [3.63, 3.8) is 0 Å². The van der Waals surface area contributed by atoms with Crippen LogP contribution < -0.4 is 10.1 Å². The van der Waals surface area contributed by atoms with E-state index in [2.05, 4.69) is 5.32 Å². The molecule has 0 aromatic heterocycles. The summed E-state index contributed by atoms with van der Waals surface area (Å²) in [4.78, 5) is 12.2. The van der Waals surface area contributed by atoms with Gasteiger partial charge in [-0.15, -0.1) is 0 Å². The summed E-state index contributed by atoms with van der Waals surface area (Å²) in [7, 11) is -0.475. The minimum absolute atomic E-state index is 0.0706. The Hall–Kier alpha value is -2.38. The van der Waals surface area contributed by atoms with Crippen LogP contribution >= 0.6 is 0 Å². The number of amides is 1. The number of carbonyl (C=O) groups is 1. The van der Waals surface area contributed by atoms with Crippen molar-refractivity contribution in [2.75, 3.05) is 20.7 Å². The maximum Gasteiger partial charge on any atom is 0.258 e. The van der Waals surface area contributed by atoms with E-state index in [-0.39, 0.29) is 17.4 Å². The highest BCUT2D eigenvalue weighted by Crippen LogP contribution is 2.22. The van der Waals surface area contributed by atoms with Gasteiger partial charge in [0.15, 0.2) is 6.61 Å². The molecule has 0 spiro atoms. The van der Waals surface area contributed by atoms with Gasteiger partial charge in [-0.05, 0) is 42.7 Å². The minimum Gasteiger partial charge on any atom is -0.483 e. The van der Waals surface area contributed by atoms with Gasteiger partial charge in [-0.25, -0.2) is 12.7 Å². The van der Waals surface area contributed by atoms with E-state index in [1.165, 1.54) is 26.2 Å². The molecule has 6 nitrogen and oxygen atoms in total. The van der Waals surface area contributed by atoms with Crippen molar-refractivity contribution in [3.05, 3.63) is 59.2 Å². The molecule has 26 heavy (non-hydrogen) atoms. The van der Waals surface area contributed by atoms with E-state index in [1.807, 2.05) is 32.0 Å². The van der Waals surface area contributed by atoms with Gasteiger partial charge in [0.2, 0.25) is 10.0 Å². The largest absolute Gasteiger partial charge is 0.483 e. The minimum atomic E-state index is -3.45. The Morgan fingerprint density at radius 2 is 1.62 bits per heavy atom. The van der Waals surface area contributed by atoms with Gasteiger partial charge >= 0.3 is 0 Å². The second kappa shape index (κ2) is 8.33. The van der Waals surface area contributed by atoms with Gasteiger partial charge < -0.3 is 10.1 Å². The lowest BCUT2D eigenvalue weighted by atomic mass is 10.1. The molecule has 0 aliphatic heterocycles. The second-order valence-electron chi connectivity index (χ2n) is 6.22. The van der Waals surface area contributed by atoms with Gasteiger partial charge in [0.1, 0.15) is 5.75 Å². The maximum absolute atomic E-state index is 12.0. The molecular weight excluding hydrogens is 352 g/mol. The van der Waals surface area contributed by atoms with Crippen molar-refractivity contribution in [3.8, 4) is 5.75 Å². The number of aryl methyl sites for hydroxylation is 2. The first kappa shape index (κ1) is 19.9. The number of benzene rings is 2. The molecule has 0 heterocycles. The van der Waals surface area contributed by atoms with E-state index >= 15 is 0 Å². The highest BCUT2D eigenvalue weighted by Gasteiger charge is 2.16. The molecule has 0 radical (unpaired) electrons. The fourth-order valence-electron chi connectivity index (χ4n) is 2.41. The van der Waals surface area contributed by atoms with E-state index in [0.717, 1.165) is 26.7 Å². The van der Waals surface area contributed by atoms with Gasteiger partial charge in [0.25, 0.3) is 5.91 Å². The van der Waals surface area contributed by atoms with Crippen LogP contribution in [0.4, 0.5) is 0 Å². The number of carbonyl (C=O) groups excluding carboxylic acids is 1. The normalized spacial score (nSPS) is 11.4. The van der Waals surface area contributed by atoms with Crippen LogP contribution in [0.2, 0.25) is 0 Å². The molecule has 0 saturated heterocycles. The third-order valence-corrected chi connectivity index (χ3v) is 5.78. The summed E-state index contributed by atoms with van der Waals surface area (Å²) in [5.41, 5.74) is 2.77. The molecule has 1 amide bonds. The number of hydrogen-bond donors (Lipinski definition) is 1. The van der Waals surface area contributed by atoms with Gasteiger partial charge in [0.05, 0.1) is 4.90 Å². The summed E-state index contributed by atoms with van der Waals surface area (Å²) in [5, 5.41) is 2.77. The first-order valence-corrected chi connectivity index (χ1v) is 9.63. The molecule has 0 aliphatic rings. The third kappa shape index (κ3) is 4.83. The van der Waals surface area contributed by atoms with Crippen LogP contribution in [0.3, 0.4) is 0 Å². The Bertz CT molecular complexity index is 855. The topological polar surface area (TPSA) is 75.7 Å². The van der Waals surface area contributed by atoms with Crippen molar-refractivity contribution in [2.45, 2.75) is 25.3 Å². The zero-order valence-corrected chi connectivity index (χ0v) is 16.3. The highest BCUT2D eigenvalue weighted by molar-refractivity contribution is 7.89. The Balaban J connectivity index is 1.90. The second-order valence-corrected chi connectivity index (χ2v) is 8.37. The number of para-hydroxylation sites is 1. The summed E-state index contributed by atoms with van der Waals surface area (Å²) in [6.45, 7) is 4.10. The van der Waals surface area contributed by atoms with Gasteiger partial charge in [-0.2, -0.15) is 0 Å². The average molecular weight is 376 g/mol. The van der Waals surface area contributed by atoms with Crippen molar-refractivity contribution in [1.29, 1.82) is 0 Å². The van der Waals surface area contributed by atoms with Crippen LogP contribution in [0.15, 0.2) is 47.4 Å². The van der Waals surface area contributed by atoms with E-state index in [1.54, 1.807) is 12.1 Å². The quantitative estimate of drug-likeness (QED) is 0.804. The van der Waals surface area contributed by atoms with Crippen LogP contribution in [0, 0.1) is 13.8 Å². The Labute approximate surface area is 154 Å². The van der Waals surface area contributed by atoms with E-state index in [9.17, 15) is 13.2 Å². The summed E-state index contributed by atoms with van der Waals surface area (Å²) in [5.74, 6) is 0.485. The standard InChI is InChI=1S/C19H24N2O4S/c1-14-6-5-7-15(2)19(14)25-13-18(22)20-12-16-8-10-17(11-9-16)26(23,24)21(3)4/h5-11H,12-13H2,1-4H3,(H,20,22). The molecule has 2 aromatic carbocycles. The number of nitrogens with one attached hydrogen (secondary N) is 1. The monoisotopic (exact) mass is 376 g/mol. The summed E-state index contributed by atoms with van der Waals surface area (Å²) in [6, 6.07) is 12.2. The van der Waals surface area contributed by atoms with Crippen LogP contribution in [0.25, 0.3) is 0 Å². The lowest BCUT2D eigenvalue weighted by Gasteiger charge is -2.13. The zero-order valence-electron chi connectivity index (χ0n) is 15.4. The predicted octanol–water partition coefficient (Wildman–Crippen LogP) is 2.25. The van der Waals surface area contributed by atoms with Crippen LogP contribution in [0.1, 0.15) is 16.7 Å². The SMILES string of the molecule is Cc1cccc(C)c1OCC(=O)NCc1ccc(S(=O)(=O)N(C)C)cc1. The molecule has 7 heteroatoms. The van der Waals surface area contributed by atoms with E-state index in [0.29, 0.717) is 6.54 Å². The smallest absolute Gasteiger partial charge is 0.258 e. The van der Waals surface area contributed by atoms with Crippen LogP contribution in [-0.2, 0) is 21.4 Å². The van der Waals surface area contributed by atoms with E-state index < -0.39 is 10.0 Å². The summed E-state index contributed by atoms with van der Waals surface area (Å²) >= 11 is 0. The highest BCUT2D eigenvalue weighted by atomic mass is 32.2. The summed E-state index contributed by atoms with van der Waals surface area (Å²) < 4.78 is 30.8. The van der Waals surface area contributed by atoms with Crippen molar-refractivity contribution < 1.29 is 17.9 Å². The average Bonchev–Trinajstić information content (AvgIpc) is 2.59. The Morgan fingerprint density at radius 3 is 2.15 bits per heavy atom. The molecule has 2 rings (SSSR count). The maximum atomic E-state index is 12.0. The molecule has 2 aromatic rings. The molecule has 0 unspecified atom stereocenters. The number of hydrogen-bond acceptors (Lipinski definition) is 4. The lowest BCUT2D eigenvalue weighted by Crippen LogP contribution is -2.28. The first-order chi connectivity index (χ1) is 12.2. The third-order valence-electron chi connectivity index (χ3n) is 3.95. The lowest BCUT2D eigenvalue weighted by molar-refractivity contribution is -0.123. The fourth-order valence-corrected chi connectivity index (χ4v) is 3.31. The van der Waals surface area contributed by atoms with Crippen molar-refractivity contribution >= 4 is 15.9 Å². The van der Waals surface area contributed by atoms with Crippen molar-refractivity contribution in [1.82, 2.24) is 9.62 Å². The van der Waals surface area contributed by atoms with Gasteiger partial charge in [-0.3, -0.25) is 4.79 Å². The van der Waals surface area contributed by atoms with Gasteiger partial charge in [-0.1, -0.05) is 30.3 Å². The Kier molecular flexibility index (Phi) is 6.39. The molecule has 0 saturated carbocycles. The zero-order chi connectivity index (χ0) is 19.3. The number of ether oxygens (including phenoxy) is 1. The number of rotatable bonds is 7. The summed E-state index contributed by atoms with van der Waals surface area (Å²) in [6.07, 6.45) is 0. The number of nitrogens with zero attached hydrogens (tertiary/aromatic N) is 1. The molecule has 0 atom stereocenters. The molecule has 0 bridgehead atoms. The molecule has 0 aliphatic carbocycles. The predicted molar refractivity (Wildman–Crippen MR) is 101 cm³/mol. The van der Waals surface area contributed by atoms with Gasteiger partial charge in [0, 0.05) is 20.6 Å². The fraction of sp³-hybridized carbons (Fsp3) is 0.316. The van der Waals surface area contributed by atoms with Crippen LogP contribution in [0.5, 0.6) is 5.75 Å². The van der Waals surface area contributed by atoms with Crippen molar-refractivity contribution in [2.24, 2.45) is 0 Å². The van der Waals surface area contributed by atoms with E-state index in [4.69, 9.17) is 4.74 Å². The first-order valence-electron chi connectivity index (χ1n) is 8.19. The molecular formula is C19H24N2O4S.